The van der Waals surface area contributed by atoms with Crippen molar-refractivity contribution in [3.05, 3.63) is 36.5 Å². The van der Waals surface area contributed by atoms with Crippen molar-refractivity contribution in [2.75, 3.05) is 13.2 Å². The largest absolute Gasteiger partial charge is 0.466 e. The van der Waals surface area contributed by atoms with Crippen LogP contribution >= 0.6 is 0 Å². The molecule has 3 N–H and O–H groups in total. The van der Waals surface area contributed by atoms with Gasteiger partial charge in [-0.2, -0.15) is 0 Å². The molecule has 0 saturated heterocycles. The molecule has 0 bridgehead atoms. The lowest BCUT2D eigenvalue weighted by Gasteiger charge is -2.22. The predicted octanol–water partition coefficient (Wildman–Crippen LogP) is 25.8. The molecule has 0 aliphatic rings. The van der Waals surface area contributed by atoms with Crippen LogP contribution in [0.25, 0.3) is 0 Å². The van der Waals surface area contributed by atoms with E-state index in [1.54, 1.807) is 0 Å². The van der Waals surface area contributed by atoms with Crippen LogP contribution < -0.4 is 5.32 Å². The lowest BCUT2D eigenvalue weighted by Crippen LogP contribution is -2.45. The standard InChI is InChI=1S/C80H153NO5/c1-3-5-7-9-11-13-15-17-19-21-23-37-40-44-48-52-56-60-64-68-72-78(83)77(76-82)81-79(84)73-69-65-61-57-53-49-45-41-38-34-32-30-28-26-24-25-27-29-31-33-35-39-43-47-51-55-59-63-67-71-75-86-80(85)74-70-66-62-58-54-50-46-42-36-22-20-18-16-14-12-10-8-6-4-2/h12,14,18,20,25,27,77-78,82-83H,3-11,13,15-17,19,21-24,26,28-76H2,1-2H3,(H,81,84)/b14-12-,20-18-,27-25-. The maximum absolute atomic E-state index is 12.6. The molecule has 2 atom stereocenters. The number of unbranched alkanes of at least 4 members (excludes halogenated alkanes) is 57. The maximum atomic E-state index is 12.6. The highest BCUT2D eigenvalue weighted by atomic mass is 16.5. The highest BCUT2D eigenvalue weighted by Crippen LogP contribution is 2.20. The van der Waals surface area contributed by atoms with Crippen molar-refractivity contribution in [3.8, 4) is 0 Å². The number of carbonyl (C=O) groups excluding carboxylic acids is 2. The van der Waals surface area contributed by atoms with Gasteiger partial charge in [0.15, 0.2) is 0 Å². The first-order valence-electron chi connectivity index (χ1n) is 39.2. The van der Waals surface area contributed by atoms with E-state index in [2.05, 4.69) is 55.6 Å². The number of amides is 1. The Balaban J connectivity index is 3.36. The van der Waals surface area contributed by atoms with E-state index in [0.29, 0.717) is 25.9 Å². The van der Waals surface area contributed by atoms with Crippen LogP contribution in [0.4, 0.5) is 0 Å². The second kappa shape index (κ2) is 75.5. The zero-order valence-corrected chi connectivity index (χ0v) is 58.3. The Morgan fingerprint density at radius 1 is 0.326 bits per heavy atom. The predicted molar refractivity (Wildman–Crippen MR) is 379 cm³/mol. The Bertz CT molecular complexity index is 1390. The number of allylic oxidation sites excluding steroid dienone is 6. The molecule has 0 spiro atoms. The fraction of sp³-hybridized carbons (Fsp3) is 0.900. The molecule has 86 heavy (non-hydrogen) atoms. The fourth-order valence-electron chi connectivity index (χ4n) is 12.4. The summed E-state index contributed by atoms with van der Waals surface area (Å²) >= 11 is 0. The SMILES string of the molecule is CCCCC/C=C\C/C=C\CCCCCCCCCCCC(=O)OCCCCCCCCCCCCCC/C=C\CCCCCCCCCCCCCCCCC(=O)NC(CO)C(O)CCCCCCCCCCCCCCCCCCCCCC. The van der Waals surface area contributed by atoms with Crippen LogP contribution in [0, 0.1) is 0 Å². The summed E-state index contributed by atoms with van der Waals surface area (Å²) in [7, 11) is 0. The molecule has 2 unspecified atom stereocenters. The van der Waals surface area contributed by atoms with Crippen molar-refractivity contribution in [2.24, 2.45) is 0 Å². The summed E-state index contributed by atoms with van der Waals surface area (Å²) in [5.41, 5.74) is 0. The van der Waals surface area contributed by atoms with Gasteiger partial charge in [0.25, 0.3) is 0 Å². The van der Waals surface area contributed by atoms with Crippen LogP contribution in [0.1, 0.15) is 438 Å². The van der Waals surface area contributed by atoms with Gasteiger partial charge in [0.05, 0.1) is 25.4 Å². The summed E-state index contributed by atoms with van der Waals surface area (Å²) in [6.07, 6.45) is 98.0. The van der Waals surface area contributed by atoms with Gasteiger partial charge >= 0.3 is 5.97 Å². The van der Waals surface area contributed by atoms with Crippen LogP contribution in [0.2, 0.25) is 0 Å². The van der Waals surface area contributed by atoms with Crippen molar-refractivity contribution in [1.29, 1.82) is 0 Å². The average molecular weight is 1210 g/mol. The summed E-state index contributed by atoms with van der Waals surface area (Å²) in [5.74, 6) is -0.0147. The zero-order chi connectivity index (χ0) is 62.0. The normalized spacial score (nSPS) is 12.7. The number of carbonyl (C=O) groups is 2. The summed E-state index contributed by atoms with van der Waals surface area (Å²) in [6.45, 7) is 4.97. The number of hydrogen-bond acceptors (Lipinski definition) is 5. The molecule has 1 amide bonds. The molecule has 6 nitrogen and oxygen atoms in total. The van der Waals surface area contributed by atoms with Gasteiger partial charge in [-0.3, -0.25) is 9.59 Å². The first kappa shape index (κ1) is 84.1. The van der Waals surface area contributed by atoms with Crippen LogP contribution in [-0.4, -0.2) is 47.4 Å². The Morgan fingerprint density at radius 2 is 0.581 bits per heavy atom. The number of rotatable bonds is 74. The molecule has 0 radical (unpaired) electrons. The maximum Gasteiger partial charge on any atom is 0.305 e. The van der Waals surface area contributed by atoms with Crippen molar-refractivity contribution in [2.45, 2.75) is 450 Å². The van der Waals surface area contributed by atoms with Crippen LogP contribution in [0.3, 0.4) is 0 Å². The van der Waals surface area contributed by atoms with E-state index >= 15 is 0 Å². The zero-order valence-electron chi connectivity index (χ0n) is 58.3. The van der Waals surface area contributed by atoms with Gasteiger partial charge in [0.1, 0.15) is 0 Å². The summed E-state index contributed by atoms with van der Waals surface area (Å²) < 4.78 is 5.51. The van der Waals surface area contributed by atoms with Crippen LogP contribution in [0.5, 0.6) is 0 Å². The minimum atomic E-state index is -0.664. The number of esters is 1. The number of ether oxygens (including phenoxy) is 1. The van der Waals surface area contributed by atoms with Crippen molar-refractivity contribution >= 4 is 11.9 Å². The number of aliphatic hydroxyl groups excluding tert-OH is 2. The molecule has 0 aliphatic heterocycles. The third-order valence-electron chi connectivity index (χ3n) is 18.4. The average Bonchev–Trinajstić information content (AvgIpc) is 3.54. The smallest absolute Gasteiger partial charge is 0.305 e. The van der Waals surface area contributed by atoms with Crippen molar-refractivity contribution in [1.82, 2.24) is 5.32 Å². The van der Waals surface area contributed by atoms with E-state index in [-0.39, 0.29) is 18.5 Å². The van der Waals surface area contributed by atoms with E-state index in [9.17, 15) is 19.8 Å². The molecule has 0 heterocycles. The van der Waals surface area contributed by atoms with Gasteiger partial charge in [-0.15, -0.1) is 0 Å². The van der Waals surface area contributed by atoms with Crippen molar-refractivity contribution in [3.63, 3.8) is 0 Å². The van der Waals surface area contributed by atoms with Crippen LogP contribution in [-0.2, 0) is 14.3 Å². The van der Waals surface area contributed by atoms with E-state index in [1.807, 2.05) is 0 Å². The Hall–Kier alpha value is -1.92. The van der Waals surface area contributed by atoms with Gasteiger partial charge in [0.2, 0.25) is 5.91 Å². The molecule has 0 aliphatic carbocycles. The molecule has 0 saturated carbocycles. The third kappa shape index (κ3) is 71.2. The molecule has 0 fully saturated rings. The molecular weight excluding hydrogens is 1050 g/mol. The van der Waals surface area contributed by atoms with Gasteiger partial charge in [-0.25, -0.2) is 0 Å². The monoisotopic (exact) mass is 1210 g/mol. The van der Waals surface area contributed by atoms with Gasteiger partial charge in [0, 0.05) is 12.8 Å². The quantitative estimate of drug-likeness (QED) is 0.0320. The molecule has 6 heteroatoms. The minimum Gasteiger partial charge on any atom is -0.466 e. The second-order valence-corrected chi connectivity index (χ2v) is 27.0. The summed E-state index contributed by atoms with van der Waals surface area (Å²) in [5, 5.41) is 23.4. The number of aliphatic hydroxyl groups is 2. The van der Waals surface area contributed by atoms with Crippen LogP contribution in [0.15, 0.2) is 36.5 Å². The molecule has 0 rings (SSSR count). The second-order valence-electron chi connectivity index (χ2n) is 27.0. The number of hydrogen-bond donors (Lipinski definition) is 3. The summed E-state index contributed by atoms with van der Waals surface area (Å²) in [6, 6.07) is -0.541. The lowest BCUT2D eigenvalue weighted by atomic mass is 10.0. The Morgan fingerprint density at radius 3 is 0.919 bits per heavy atom. The highest BCUT2D eigenvalue weighted by Gasteiger charge is 2.20. The van der Waals surface area contributed by atoms with Crippen molar-refractivity contribution < 1.29 is 24.5 Å². The number of nitrogens with one attached hydrogen (secondary N) is 1. The Labute approximate surface area is 538 Å². The van der Waals surface area contributed by atoms with E-state index in [4.69, 9.17) is 4.74 Å². The Kier molecular flexibility index (Phi) is 73.9. The minimum absolute atomic E-state index is 0.0141. The van der Waals surface area contributed by atoms with E-state index in [0.717, 1.165) is 51.4 Å². The molecule has 0 aromatic heterocycles. The first-order valence-corrected chi connectivity index (χ1v) is 39.2. The fourth-order valence-corrected chi connectivity index (χ4v) is 12.4. The summed E-state index contributed by atoms with van der Waals surface area (Å²) in [4.78, 5) is 24.7. The lowest BCUT2D eigenvalue weighted by molar-refractivity contribution is -0.143. The third-order valence-corrected chi connectivity index (χ3v) is 18.4. The molecule has 508 valence electrons. The van der Waals surface area contributed by atoms with Gasteiger partial charge in [-0.05, 0) is 83.5 Å². The topological polar surface area (TPSA) is 95.9 Å². The van der Waals surface area contributed by atoms with Gasteiger partial charge < -0.3 is 20.3 Å². The first-order chi connectivity index (χ1) is 42.5. The van der Waals surface area contributed by atoms with E-state index in [1.165, 1.54) is 353 Å². The molecule has 0 aromatic rings. The molecular formula is C80H153NO5. The molecule has 0 aromatic carbocycles. The van der Waals surface area contributed by atoms with E-state index < -0.39 is 12.1 Å². The van der Waals surface area contributed by atoms with Gasteiger partial charge in [-0.1, -0.05) is 378 Å². The highest BCUT2D eigenvalue weighted by molar-refractivity contribution is 5.76.